The van der Waals surface area contributed by atoms with Crippen LogP contribution in [0.3, 0.4) is 0 Å². The molecule has 104 valence electrons. The summed E-state index contributed by atoms with van der Waals surface area (Å²) < 4.78 is 0. The molecule has 0 unspecified atom stereocenters. The van der Waals surface area contributed by atoms with Crippen molar-refractivity contribution in [2.75, 3.05) is 5.32 Å². The van der Waals surface area contributed by atoms with E-state index in [1.165, 1.54) is 6.07 Å². The van der Waals surface area contributed by atoms with Crippen LogP contribution in [0.4, 0.5) is 5.69 Å². The summed E-state index contributed by atoms with van der Waals surface area (Å²) in [5.41, 5.74) is 1.76. The number of aliphatic hydroxyl groups excluding tert-OH is 1. The number of hydrogen-bond donors (Lipinski definition) is 2. The van der Waals surface area contributed by atoms with Crippen LogP contribution in [0.5, 0.6) is 0 Å². The fourth-order valence-corrected chi connectivity index (χ4v) is 2.02. The van der Waals surface area contributed by atoms with Crippen molar-refractivity contribution >= 4 is 34.8 Å². The van der Waals surface area contributed by atoms with Gasteiger partial charge in [0.1, 0.15) is 0 Å². The zero-order valence-electron chi connectivity index (χ0n) is 10.7. The third-order valence-electron chi connectivity index (χ3n) is 2.81. The Hall–Kier alpha value is -1.55. The Morgan fingerprint density at radius 3 is 2.55 bits per heavy atom. The van der Waals surface area contributed by atoms with E-state index in [0.717, 1.165) is 5.56 Å². The van der Waals surface area contributed by atoms with Gasteiger partial charge in [-0.2, -0.15) is 0 Å². The average Bonchev–Trinajstić information content (AvgIpc) is 2.42. The summed E-state index contributed by atoms with van der Waals surface area (Å²) >= 11 is 11.7. The highest BCUT2D eigenvalue weighted by atomic mass is 35.5. The molecule has 0 aliphatic rings. The maximum atomic E-state index is 12.1. The Morgan fingerprint density at radius 1 is 1.15 bits per heavy atom. The predicted octanol–water partition coefficient (Wildman–Crippen LogP) is 4.30. The fraction of sp³-hybridized carbons (Fsp3) is 0.133. The summed E-state index contributed by atoms with van der Waals surface area (Å²) in [6, 6.07) is 11.7. The van der Waals surface area contributed by atoms with Crippen molar-refractivity contribution in [3.8, 4) is 0 Å². The Bertz CT molecular complexity index is 642. The number of nitrogens with one attached hydrogen (secondary N) is 1. The molecule has 0 spiro atoms. The summed E-state index contributed by atoms with van der Waals surface area (Å²) in [7, 11) is 0. The third kappa shape index (κ3) is 3.51. The van der Waals surface area contributed by atoms with Crippen molar-refractivity contribution in [1.82, 2.24) is 0 Å². The maximum absolute atomic E-state index is 12.1. The molecule has 5 heteroatoms. The molecule has 2 aromatic rings. The molecular weight excluding hydrogens is 297 g/mol. The third-order valence-corrected chi connectivity index (χ3v) is 3.55. The maximum Gasteiger partial charge on any atom is 0.255 e. The van der Waals surface area contributed by atoms with Crippen molar-refractivity contribution in [2.45, 2.75) is 13.0 Å². The van der Waals surface area contributed by atoms with Crippen LogP contribution in [-0.4, -0.2) is 11.0 Å². The topological polar surface area (TPSA) is 49.3 Å². The number of rotatable bonds is 3. The second kappa shape index (κ2) is 6.27. The van der Waals surface area contributed by atoms with Gasteiger partial charge in [0.15, 0.2) is 0 Å². The molecule has 2 N–H and O–H groups in total. The van der Waals surface area contributed by atoms with E-state index in [4.69, 9.17) is 23.2 Å². The van der Waals surface area contributed by atoms with Crippen LogP contribution in [0.25, 0.3) is 0 Å². The molecule has 0 saturated heterocycles. The second-order valence-corrected chi connectivity index (χ2v) is 5.20. The second-order valence-electron chi connectivity index (χ2n) is 4.38. The molecule has 0 saturated carbocycles. The molecule has 0 aliphatic carbocycles. The largest absolute Gasteiger partial charge is 0.389 e. The lowest BCUT2D eigenvalue weighted by molar-refractivity contribution is 0.102. The first-order chi connectivity index (χ1) is 9.47. The molecule has 0 fully saturated rings. The van der Waals surface area contributed by atoms with Gasteiger partial charge in [0.2, 0.25) is 0 Å². The van der Waals surface area contributed by atoms with E-state index in [0.29, 0.717) is 21.3 Å². The Balaban J connectivity index is 2.19. The van der Waals surface area contributed by atoms with E-state index in [2.05, 4.69) is 5.32 Å². The molecule has 3 nitrogen and oxygen atoms in total. The normalized spacial score (nSPS) is 12.0. The highest BCUT2D eigenvalue weighted by Gasteiger charge is 2.09. The first-order valence-electron chi connectivity index (χ1n) is 6.02. The Labute approximate surface area is 127 Å². The molecule has 1 atom stereocenters. The Kier molecular flexibility index (Phi) is 4.65. The molecule has 0 bridgehead atoms. The molecule has 0 radical (unpaired) electrons. The van der Waals surface area contributed by atoms with Crippen LogP contribution in [0, 0.1) is 0 Å². The smallest absolute Gasteiger partial charge is 0.255 e. The molecule has 0 aromatic heterocycles. The van der Waals surface area contributed by atoms with Gasteiger partial charge in [0.25, 0.3) is 5.91 Å². The fourth-order valence-electron chi connectivity index (χ4n) is 1.72. The standard InChI is InChI=1S/C15H13Cl2NO2/c1-9(19)10-3-2-4-12(7-10)18-15(20)11-5-6-13(16)14(17)8-11/h2-9,19H,1H3,(H,18,20)/t9-/m1/s1. The van der Waals surface area contributed by atoms with Gasteiger partial charge in [-0.3, -0.25) is 4.79 Å². The van der Waals surface area contributed by atoms with E-state index in [1.54, 1.807) is 43.3 Å². The van der Waals surface area contributed by atoms with E-state index in [-0.39, 0.29) is 5.91 Å². The predicted molar refractivity (Wildman–Crippen MR) is 81.5 cm³/mol. The van der Waals surface area contributed by atoms with Gasteiger partial charge in [-0.1, -0.05) is 35.3 Å². The molecule has 1 amide bonds. The van der Waals surface area contributed by atoms with Gasteiger partial charge in [0.05, 0.1) is 16.1 Å². The summed E-state index contributed by atoms with van der Waals surface area (Å²) in [6.45, 7) is 1.67. The first-order valence-corrected chi connectivity index (χ1v) is 6.77. The van der Waals surface area contributed by atoms with Crippen molar-refractivity contribution in [3.63, 3.8) is 0 Å². The van der Waals surface area contributed by atoms with Crippen LogP contribution in [-0.2, 0) is 0 Å². The molecular formula is C15H13Cl2NO2. The van der Waals surface area contributed by atoms with Gasteiger partial charge < -0.3 is 10.4 Å². The lowest BCUT2D eigenvalue weighted by atomic mass is 10.1. The lowest BCUT2D eigenvalue weighted by Crippen LogP contribution is -2.12. The SMILES string of the molecule is C[C@@H](O)c1cccc(NC(=O)c2ccc(Cl)c(Cl)c2)c1. The summed E-state index contributed by atoms with van der Waals surface area (Å²) in [5.74, 6) is -0.286. The van der Waals surface area contributed by atoms with Gasteiger partial charge in [-0.25, -0.2) is 0 Å². The van der Waals surface area contributed by atoms with E-state index in [9.17, 15) is 9.90 Å². The van der Waals surface area contributed by atoms with E-state index < -0.39 is 6.10 Å². The van der Waals surface area contributed by atoms with Gasteiger partial charge in [0, 0.05) is 11.3 Å². The summed E-state index contributed by atoms with van der Waals surface area (Å²) in [5, 5.41) is 13.0. The zero-order valence-corrected chi connectivity index (χ0v) is 12.2. The van der Waals surface area contributed by atoms with E-state index >= 15 is 0 Å². The zero-order chi connectivity index (χ0) is 14.7. The number of benzene rings is 2. The van der Waals surface area contributed by atoms with Crippen molar-refractivity contribution < 1.29 is 9.90 Å². The van der Waals surface area contributed by atoms with Crippen LogP contribution < -0.4 is 5.32 Å². The van der Waals surface area contributed by atoms with Crippen molar-refractivity contribution in [1.29, 1.82) is 0 Å². The van der Waals surface area contributed by atoms with Gasteiger partial charge in [-0.15, -0.1) is 0 Å². The van der Waals surface area contributed by atoms with Crippen molar-refractivity contribution in [2.24, 2.45) is 0 Å². The summed E-state index contributed by atoms with van der Waals surface area (Å²) in [6.07, 6.45) is -0.586. The minimum Gasteiger partial charge on any atom is -0.389 e. The highest BCUT2D eigenvalue weighted by Crippen LogP contribution is 2.23. The minimum absolute atomic E-state index is 0.286. The number of amides is 1. The van der Waals surface area contributed by atoms with E-state index in [1.807, 2.05) is 0 Å². The van der Waals surface area contributed by atoms with Crippen molar-refractivity contribution in [3.05, 3.63) is 63.6 Å². The average molecular weight is 310 g/mol. The molecule has 20 heavy (non-hydrogen) atoms. The number of carbonyl (C=O) groups is 1. The number of aliphatic hydroxyl groups is 1. The number of anilines is 1. The number of hydrogen-bond acceptors (Lipinski definition) is 2. The molecule has 0 heterocycles. The minimum atomic E-state index is -0.586. The molecule has 2 aromatic carbocycles. The quantitative estimate of drug-likeness (QED) is 0.888. The number of carbonyl (C=O) groups excluding carboxylic acids is 1. The monoisotopic (exact) mass is 309 g/mol. The first kappa shape index (κ1) is 14.9. The molecule has 0 aliphatic heterocycles. The number of halogens is 2. The summed E-state index contributed by atoms with van der Waals surface area (Å²) in [4.78, 5) is 12.1. The van der Waals surface area contributed by atoms with Crippen LogP contribution in [0.15, 0.2) is 42.5 Å². The van der Waals surface area contributed by atoms with Crippen LogP contribution in [0.1, 0.15) is 28.9 Å². The Morgan fingerprint density at radius 2 is 1.90 bits per heavy atom. The van der Waals surface area contributed by atoms with Crippen LogP contribution in [0.2, 0.25) is 10.0 Å². The highest BCUT2D eigenvalue weighted by molar-refractivity contribution is 6.42. The van der Waals surface area contributed by atoms with Crippen LogP contribution >= 0.6 is 23.2 Å². The molecule has 2 rings (SSSR count). The van der Waals surface area contributed by atoms with Gasteiger partial charge in [-0.05, 0) is 42.8 Å². The lowest BCUT2D eigenvalue weighted by Gasteiger charge is -2.09. The van der Waals surface area contributed by atoms with Gasteiger partial charge >= 0.3 is 0 Å².